The minimum atomic E-state index is -1.34. The van der Waals surface area contributed by atoms with Crippen LogP contribution in [0.5, 0.6) is 0 Å². The molecular formula is C77H88Ir2N3O2Se2Si-3. The summed E-state index contributed by atoms with van der Waals surface area (Å²) in [6.45, 7) is 31.7. The second-order valence-corrected chi connectivity index (χ2v) is 33.5. The van der Waals surface area contributed by atoms with Crippen molar-refractivity contribution in [3.05, 3.63) is 216 Å². The number of nitrogens with zero attached hydrogens (tertiary/aromatic N) is 3. The molecule has 5 nitrogen and oxygen atoms in total. The van der Waals surface area contributed by atoms with Crippen LogP contribution in [0.4, 0.5) is 0 Å². The number of ketones is 1. The van der Waals surface area contributed by atoms with E-state index in [2.05, 4.69) is 167 Å². The van der Waals surface area contributed by atoms with Crippen LogP contribution in [0.2, 0.25) is 19.6 Å². The summed E-state index contributed by atoms with van der Waals surface area (Å²) in [7, 11) is -1.34. The first-order chi connectivity index (χ1) is 41.3. The number of aryl methyl sites for hydroxylation is 2. The van der Waals surface area contributed by atoms with Crippen LogP contribution in [-0.4, -0.2) is 62.9 Å². The van der Waals surface area contributed by atoms with E-state index in [9.17, 15) is 9.90 Å². The van der Waals surface area contributed by atoms with Gasteiger partial charge >= 0.3 is 313 Å². The SMILES string of the molecule is CC(C)Cc1cc(-c2[c-]cccc2)ncc1[Si](C)(C)C.CCC(CC)C(=O)C=C(O)C(CC)CC.[2H]C(C)(C)c1cccc(C([2H])(C)C)c1-c1cc2cnc(-c3[c-]c(C)cc(C)c3)cc2[se]1.[Ir].[Ir].[c-]1ccccc1-c1cc2[se]c(-c3ccccc3)cc2cn1. The molecule has 1 N–H and O–H groups in total. The molecule has 0 saturated heterocycles. The molecule has 0 amide bonds. The van der Waals surface area contributed by atoms with E-state index < -0.39 is 19.9 Å². The van der Waals surface area contributed by atoms with E-state index in [0.29, 0.717) is 20.4 Å². The van der Waals surface area contributed by atoms with Crippen molar-refractivity contribution < 1.29 is 52.9 Å². The fourth-order valence-corrected chi connectivity index (χ4v) is 16.8. The van der Waals surface area contributed by atoms with Crippen molar-refractivity contribution in [1.29, 1.82) is 0 Å². The van der Waals surface area contributed by atoms with Crippen LogP contribution in [-0.2, 0) is 51.4 Å². The summed E-state index contributed by atoms with van der Waals surface area (Å²) in [5.74, 6) is -0.259. The molecule has 0 aliphatic rings. The number of carbonyl (C=O) groups is 1. The number of benzene rings is 5. The Morgan fingerprint density at radius 2 is 1.09 bits per heavy atom. The molecule has 10 heteroatoms. The van der Waals surface area contributed by atoms with Gasteiger partial charge in [0.15, 0.2) is 5.78 Å². The molecule has 0 saturated carbocycles. The van der Waals surface area contributed by atoms with E-state index in [1.54, 1.807) is 0 Å². The zero-order valence-corrected chi connectivity index (χ0v) is 62.8. The van der Waals surface area contributed by atoms with E-state index in [1.807, 2.05) is 122 Å². The van der Waals surface area contributed by atoms with Gasteiger partial charge in [0.25, 0.3) is 0 Å². The van der Waals surface area contributed by atoms with Crippen LogP contribution >= 0.6 is 0 Å². The molecule has 0 spiro atoms. The number of allylic oxidation sites excluding steroid dienone is 2. The zero-order chi connectivity index (χ0) is 63.2. The Labute approximate surface area is 564 Å². The minimum absolute atomic E-state index is 0. The molecule has 0 fully saturated rings. The first-order valence-corrected chi connectivity index (χ1v) is 37.1. The fourth-order valence-electron chi connectivity index (χ4n) is 10.5. The standard InChI is InChI=1S/C27H28NSe.C19H12NSe.C18H24NSi.C13H24O2.2Ir/c1-16(2)22-8-7-9-23(17(3)4)27(22)26-13-21-15-28-24(14-25(21)29-26)20-11-18(5)10-19(6)12-20;1-3-7-14(8-4-1)17-12-19-16(13-20-17)11-18(21-19)15-9-5-2-6-10-15;1-14(2)11-16-12-17(15-9-7-6-8-10-15)19-13-18(16)20(3,4)5;1-5-10(6-2)12(14)9-13(15)11(7-3)8-4;;/h7-11,13-17H,1-6H3;1-7,9-13H;6-9,12-14H,11H2,1-5H3;9-11,14H,5-8H2,1-4H3;;/q3*-1;;;/i16D,17D;;;;;. The first-order valence-electron chi connectivity index (χ1n) is 31.2. The number of aliphatic hydroxyl groups excluding tert-OH is 1. The van der Waals surface area contributed by atoms with E-state index >= 15 is 0 Å². The number of fused-ring (bicyclic) bond motifs is 2. The molecule has 0 atom stereocenters. The summed E-state index contributed by atoms with van der Waals surface area (Å²) in [5.41, 5.74) is 14.4. The predicted molar refractivity (Wildman–Crippen MR) is 368 cm³/mol. The van der Waals surface area contributed by atoms with E-state index in [-0.39, 0.29) is 78.1 Å². The number of pyridine rings is 3. The summed E-state index contributed by atoms with van der Waals surface area (Å²) in [6.07, 6.45) is 12.1. The molecule has 2 radical (unpaired) electrons. The molecule has 87 heavy (non-hydrogen) atoms. The van der Waals surface area contributed by atoms with Crippen LogP contribution in [0.1, 0.15) is 137 Å². The fraction of sp³-hybridized carbons (Fsp3) is 0.325. The number of rotatable bonds is 17. The van der Waals surface area contributed by atoms with Gasteiger partial charge in [0, 0.05) is 64.3 Å². The average molecular weight is 1660 g/mol. The van der Waals surface area contributed by atoms with Gasteiger partial charge in [0.1, 0.15) is 0 Å². The first kappa shape index (κ1) is 69.3. The summed E-state index contributed by atoms with van der Waals surface area (Å²) in [5, 5.41) is 13.7. The number of aliphatic hydroxyl groups is 1. The number of aromatic nitrogens is 3. The third kappa shape index (κ3) is 20.1. The summed E-state index contributed by atoms with van der Waals surface area (Å²) in [6, 6.07) is 58.2. The molecule has 5 heterocycles. The molecule has 0 bridgehead atoms. The summed E-state index contributed by atoms with van der Waals surface area (Å²) >= 11 is 0.441. The van der Waals surface area contributed by atoms with Gasteiger partial charge in [-0.25, -0.2) is 0 Å². The Hall–Kier alpha value is -5.21. The monoisotopic (exact) mass is 1660 g/mol. The van der Waals surface area contributed by atoms with E-state index in [1.165, 1.54) is 50.7 Å². The van der Waals surface area contributed by atoms with Gasteiger partial charge < -0.3 is 10.1 Å². The van der Waals surface area contributed by atoms with Gasteiger partial charge in [-0.15, -0.1) is 35.9 Å². The molecule has 10 aromatic rings. The average Bonchev–Trinajstić information content (AvgIpc) is 1.90. The van der Waals surface area contributed by atoms with Crippen LogP contribution in [0, 0.1) is 49.8 Å². The van der Waals surface area contributed by atoms with Crippen molar-refractivity contribution in [2.45, 2.75) is 147 Å². The second-order valence-electron chi connectivity index (χ2n) is 23.9. The van der Waals surface area contributed by atoms with Crippen molar-refractivity contribution >= 4 is 67.3 Å². The predicted octanol–water partition coefficient (Wildman–Crippen LogP) is 19.9. The quantitative estimate of drug-likeness (QED) is 0.0425. The van der Waals surface area contributed by atoms with Gasteiger partial charge in [-0.3, -0.25) is 4.79 Å². The van der Waals surface area contributed by atoms with E-state index in [4.69, 9.17) is 7.73 Å². The Balaban J connectivity index is 0.000000222. The van der Waals surface area contributed by atoms with Gasteiger partial charge in [-0.2, -0.15) is 0 Å². The number of carbonyl (C=O) groups excluding carboxylic acids is 1. The maximum absolute atomic E-state index is 11.7. The second kappa shape index (κ2) is 34.7. The molecule has 0 aliphatic heterocycles. The maximum atomic E-state index is 11.7. The van der Waals surface area contributed by atoms with Crippen molar-refractivity contribution in [3.8, 4) is 53.8 Å². The van der Waals surface area contributed by atoms with Crippen molar-refractivity contribution in [2.24, 2.45) is 17.8 Å². The molecule has 460 valence electrons. The van der Waals surface area contributed by atoms with Gasteiger partial charge in [-0.05, 0) is 48.9 Å². The van der Waals surface area contributed by atoms with Crippen LogP contribution < -0.4 is 5.19 Å². The van der Waals surface area contributed by atoms with Gasteiger partial charge in [0.2, 0.25) is 0 Å². The number of hydrogen-bond donors (Lipinski definition) is 1. The summed E-state index contributed by atoms with van der Waals surface area (Å²) < 4.78 is 22.8. The number of hydrogen-bond acceptors (Lipinski definition) is 5. The molecular weight excluding hydrogens is 1570 g/mol. The van der Waals surface area contributed by atoms with Crippen molar-refractivity contribution in [2.75, 3.05) is 0 Å². The summed E-state index contributed by atoms with van der Waals surface area (Å²) in [4.78, 5) is 25.7. The van der Waals surface area contributed by atoms with Gasteiger partial charge in [0.05, 0.1) is 13.8 Å². The molecule has 10 rings (SSSR count). The normalized spacial score (nSPS) is 12.0. The Bertz CT molecular complexity index is 3810. The molecule has 5 aromatic carbocycles. The van der Waals surface area contributed by atoms with Crippen LogP contribution in [0.15, 0.2) is 170 Å². The Morgan fingerprint density at radius 1 is 0.598 bits per heavy atom. The van der Waals surface area contributed by atoms with Gasteiger partial charge in [-0.1, -0.05) is 72.8 Å². The van der Waals surface area contributed by atoms with Crippen molar-refractivity contribution in [1.82, 2.24) is 15.0 Å². The molecule has 5 aromatic heterocycles. The molecule has 0 unspecified atom stereocenters. The zero-order valence-electron chi connectivity index (χ0n) is 55.5. The third-order valence-electron chi connectivity index (χ3n) is 15.2. The van der Waals surface area contributed by atoms with E-state index in [0.717, 1.165) is 93.5 Å². The molecule has 0 aliphatic carbocycles. The topological polar surface area (TPSA) is 76.0 Å². The third-order valence-corrected chi connectivity index (χ3v) is 22.0. The Morgan fingerprint density at radius 3 is 1.57 bits per heavy atom. The Kier molecular flexibility index (Phi) is 27.6. The van der Waals surface area contributed by atoms with Crippen LogP contribution in [0.25, 0.3) is 73.1 Å². The van der Waals surface area contributed by atoms with Crippen LogP contribution in [0.3, 0.4) is 0 Å². The van der Waals surface area contributed by atoms with Crippen molar-refractivity contribution in [3.63, 3.8) is 0 Å².